The maximum absolute atomic E-state index is 11.4. The predicted molar refractivity (Wildman–Crippen MR) is 47.5 cm³/mol. The molecule has 2 heterocycles. The van der Waals surface area contributed by atoms with Gasteiger partial charge in [-0.05, 0) is 12.8 Å². The van der Waals surface area contributed by atoms with Crippen molar-refractivity contribution in [3.8, 4) is 0 Å². The van der Waals surface area contributed by atoms with Crippen LogP contribution in [-0.4, -0.2) is 30.7 Å². The number of Topliss-reactive ketones (excluding diaryl/α,β-unsaturated/α-hetero) is 1. The van der Waals surface area contributed by atoms with Gasteiger partial charge in [0.2, 0.25) is 0 Å². The third-order valence-electron chi connectivity index (χ3n) is 2.96. The van der Waals surface area contributed by atoms with Crippen LogP contribution in [0.3, 0.4) is 0 Å². The van der Waals surface area contributed by atoms with Gasteiger partial charge in [0.1, 0.15) is 6.10 Å². The number of fused-ring (bicyclic) bond motifs is 2. The van der Waals surface area contributed by atoms with E-state index < -0.39 is 0 Å². The predicted octanol–water partition coefficient (Wildman–Crippen LogP) is 1.16. The molecule has 0 aliphatic carbocycles. The summed E-state index contributed by atoms with van der Waals surface area (Å²) in [5.41, 5.74) is 0. The molecule has 0 N–H and O–H groups in total. The van der Waals surface area contributed by atoms with Gasteiger partial charge in [-0.2, -0.15) is 0 Å². The van der Waals surface area contributed by atoms with Crippen molar-refractivity contribution in [2.75, 3.05) is 6.61 Å². The maximum Gasteiger partial charge on any atom is 0.162 e. The number of hydrogen-bond acceptors (Lipinski definition) is 3. The van der Waals surface area contributed by atoms with Crippen molar-refractivity contribution in [2.45, 2.75) is 45.0 Å². The van der Waals surface area contributed by atoms with Crippen molar-refractivity contribution < 1.29 is 14.3 Å². The van der Waals surface area contributed by atoms with Crippen LogP contribution in [0, 0.1) is 5.92 Å². The molecule has 4 atom stereocenters. The molecule has 3 nitrogen and oxygen atoms in total. The fourth-order valence-corrected chi connectivity index (χ4v) is 2.33. The van der Waals surface area contributed by atoms with Gasteiger partial charge >= 0.3 is 0 Å². The van der Waals surface area contributed by atoms with Crippen molar-refractivity contribution in [2.24, 2.45) is 5.92 Å². The highest BCUT2D eigenvalue weighted by Crippen LogP contribution is 2.35. The summed E-state index contributed by atoms with van der Waals surface area (Å²) in [5.74, 6) is 0.578. The van der Waals surface area contributed by atoms with Gasteiger partial charge in [-0.15, -0.1) is 0 Å². The Labute approximate surface area is 78.4 Å². The van der Waals surface area contributed by atoms with E-state index in [1.165, 1.54) is 0 Å². The van der Waals surface area contributed by atoms with Crippen LogP contribution < -0.4 is 0 Å². The third-order valence-corrected chi connectivity index (χ3v) is 2.96. The van der Waals surface area contributed by atoms with E-state index >= 15 is 0 Å². The SMILES string of the molecule is CCO[C@H]1C[C@@H]2O[C@H]1[C@@H](C)CC2=O. The second-order valence-corrected chi connectivity index (χ2v) is 3.97. The quantitative estimate of drug-likeness (QED) is 0.646. The molecule has 3 heteroatoms. The standard InChI is InChI=1S/C10H16O3/c1-3-12-9-5-8-7(11)4-6(2)10(9)13-8/h6,8-10H,3-5H2,1-2H3/t6-,8-,9-,10-/m0/s1. The zero-order valence-electron chi connectivity index (χ0n) is 8.16. The van der Waals surface area contributed by atoms with Crippen molar-refractivity contribution in [3.05, 3.63) is 0 Å². The van der Waals surface area contributed by atoms with Crippen LogP contribution in [0.25, 0.3) is 0 Å². The molecule has 0 unspecified atom stereocenters. The smallest absolute Gasteiger partial charge is 0.162 e. The second kappa shape index (κ2) is 3.39. The van der Waals surface area contributed by atoms with Gasteiger partial charge in [0.05, 0.1) is 12.2 Å². The Bertz CT molecular complexity index is 214. The molecular formula is C10H16O3. The van der Waals surface area contributed by atoms with Gasteiger partial charge in [0.15, 0.2) is 5.78 Å². The van der Waals surface area contributed by atoms with Gasteiger partial charge in [-0.1, -0.05) is 6.92 Å². The molecule has 2 fully saturated rings. The van der Waals surface area contributed by atoms with Crippen LogP contribution in [0.15, 0.2) is 0 Å². The summed E-state index contributed by atoms with van der Waals surface area (Å²) in [6.45, 7) is 4.75. The second-order valence-electron chi connectivity index (χ2n) is 3.97. The van der Waals surface area contributed by atoms with Gasteiger partial charge in [-0.3, -0.25) is 4.79 Å². The van der Waals surface area contributed by atoms with Gasteiger partial charge in [-0.25, -0.2) is 0 Å². The molecule has 74 valence electrons. The zero-order valence-corrected chi connectivity index (χ0v) is 8.16. The van der Waals surface area contributed by atoms with E-state index in [-0.39, 0.29) is 24.1 Å². The molecule has 2 bridgehead atoms. The third kappa shape index (κ3) is 1.51. The number of carbonyl (C=O) groups is 1. The zero-order chi connectivity index (χ0) is 9.42. The summed E-state index contributed by atoms with van der Waals surface area (Å²) in [7, 11) is 0. The van der Waals surface area contributed by atoms with E-state index in [2.05, 4.69) is 6.92 Å². The van der Waals surface area contributed by atoms with Crippen molar-refractivity contribution in [1.29, 1.82) is 0 Å². The monoisotopic (exact) mass is 184 g/mol. The minimum absolute atomic E-state index is 0.149. The fourth-order valence-electron chi connectivity index (χ4n) is 2.33. The first-order valence-corrected chi connectivity index (χ1v) is 5.02. The lowest BCUT2D eigenvalue weighted by atomic mass is 9.96. The Hall–Kier alpha value is -0.410. The molecule has 2 rings (SSSR count). The van der Waals surface area contributed by atoms with Gasteiger partial charge < -0.3 is 9.47 Å². The Morgan fingerprint density at radius 1 is 1.62 bits per heavy atom. The Kier molecular flexibility index (Phi) is 2.39. The highest BCUT2D eigenvalue weighted by molar-refractivity contribution is 5.84. The lowest BCUT2D eigenvalue weighted by molar-refractivity contribution is -0.141. The summed E-state index contributed by atoms with van der Waals surface area (Å²) >= 11 is 0. The summed E-state index contributed by atoms with van der Waals surface area (Å²) in [4.78, 5) is 11.4. The normalized spacial score (nSPS) is 44.0. The average Bonchev–Trinajstić information content (AvgIpc) is 2.44. The fraction of sp³-hybridized carbons (Fsp3) is 0.900. The van der Waals surface area contributed by atoms with E-state index in [1.807, 2.05) is 6.92 Å². The largest absolute Gasteiger partial charge is 0.376 e. The Balaban J connectivity index is 2.07. The van der Waals surface area contributed by atoms with Crippen LogP contribution in [0.5, 0.6) is 0 Å². The summed E-state index contributed by atoms with van der Waals surface area (Å²) in [5, 5.41) is 0. The molecule has 0 spiro atoms. The van der Waals surface area contributed by atoms with Crippen LogP contribution in [0.4, 0.5) is 0 Å². The number of carbonyl (C=O) groups excluding carboxylic acids is 1. The Morgan fingerprint density at radius 3 is 3.08 bits per heavy atom. The van der Waals surface area contributed by atoms with E-state index in [1.54, 1.807) is 0 Å². The van der Waals surface area contributed by atoms with Crippen LogP contribution in [0.2, 0.25) is 0 Å². The Morgan fingerprint density at radius 2 is 2.38 bits per heavy atom. The van der Waals surface area contributed by atoms with E-state index in [0.717, 1.165) is 6.42 Å². The van der Waals surface area contributed by atoms with Gasteiger partial charge in [0, 0.05) is 19.4 Å². The maximum atomic E-state index is 11.4. The minimum atomic E-state index is -0.169. The molecule has 0 amide bonds. The molecule has 2 aliphatic rings. The molecule has 0 radical (unpaired) electrons. The summed E-state index contributed by atoms with van der Waals surface area (Å²) < 4.78 is 11.2. The van der Waals surface area contributed by atoms with E-state index in [9.17, 15) is 4.79 Å². The molecule has 0 aromatic rings. The van der Waals surface area contributed by atoms with E-state index in [4.69, 9.17) is 9.47 Å². The topological polar surface area (TPSA) is 35.5 Å². The molecule has 13 heavy (non-hydrogen) atoms. The molecular weight excluding hydrogens is 168 g/mol. The first-order chi connectivity index (χ1) is 6.22. The number of hydrogen-bond donors (Lipinski definition) is 0. The lowest BCUT2D eigenvalue weighted by Gasteiger charge is -2.27. The lowest BCUT2D eigenvalue weighted by Crippen LogP contribution is -2.36. The van der Waals surface area contributed by atoms with E-state index in [0.29, 0.717) is 18.9 Å². The van der Waals surface area contributed by atoms with Crippen LogP contribution in [0.1, 0.15) is 26.7 Å². The first-order valence-electron chi connectivity index (χ1n) is 5.02. The minimum Gasteiger partial charge on any atom is -0.376 e. The van der Waals surface area contributed by atoms with Crippen molar-refractivity contribution >= 4 is 5.78 Å². The van der Waals surface area contributed by atoms with Crippen molar-refractivity contribution in [3.63, 3.8) is 0 Å². The van der Waals surface area contributed by atoms with Crippen LogP contribution in [-0.2, 0) is 14.3 Å². The molecule has 2 aliphatic heterocycles. The molecule has 0 saturated carbocycles. The molecule has 2 saturated heterocycles. The average molecular weight is 184 g/mol. The van der Waals surface area contributed by atoms with Crippen LogP contribution >= 0.6 is 0 Å². The van der Waals surface area contributed by atoms with Gasteiger partial charge in [0.25, 0.3) is 0 Å². The first kappa shape index (κ1) is 9.16. The summed E-state index contributed by atoms with van der Waals surface area (Å²) in [6, 6.07) is 0. The highest BCUT2D eigenvalue weighted by atomic mass is 16.6. The molecule has 0 aromatic carbocycles. The molecule has 0 aromatic heterocycles. The highest BCUT2D eigenvalue weighted by Gasteiger charge is 2.46. The number of ketones is 1. The number of ether oxygens (including phenoxy) is 2. The number of rotatable bonds is 2. The van der Waals surface area contributed by atoms with Crippen molar-refractivity contribution in [1.82, 2.24) is 0 Å². The summed E-state index contributed by atoms with van der Waals surface area (Å²) in [6.07, 6.45) is 1.57.